The first-order valence-corrected chi connectivity index (χ1v) is 8.98. The van der Waals surface area contributed by atoms with E-state index in [9.17, 15) is 19.2 Å². The summed E-state index contributed by atoms with van der Waals surface area (Å²) >= 11 is 1.21. The maximum Gasteiger partial charge on any atom is 0.407 e. The zero-order valence-electron chi connectivity index (χ0n) is 14.5. The number of nitrogens with one attached hydrogen (secondary N) is 1. The van der Waals surface area contributed by atoms with Crippen molar-refractivity contribution in [2.24, 2.45) is 0 Å². The van der Waals surface area contributed by atoms with Crippen LogP contribution in [0.3, 0.4) is 0 Å². The predicted molar refractivity (Wildman–Crippen MR) is 100.0 cm³/mol. The molecule has 2 aromatic rings. The smallest absolute Gasteiger partial charge is 0.407 e. The molecule has 1 aromatic heterocycles. The maximum atomic E-state index is 13.3. The van der Waals surface area contributed by atoms with Gasteiger partial charge >= 0.3 is 6.09 Å². The number of benzene rings is 1. The lowest BCUT2D eigenvalue weighted by Gasteiger charge is -2.23. The lowest BCUT2D eigenvalue weighted by Crippen LogP contribution is -2.34. The van der Waals surface area contributed by atoms with E-state index < -0.39 is 12.0 Å². The number of amides is 2. The summed E-state index contributed by atoms with van der Waals surface area (Å²) in [5.74, 6) is -0.829. The standard InChI is InChI=1S/C19H16FN3O3S/c1-11-2-4-13(20)8-12(11)3-5-17(24)22-18-15(9-21)14-6-7-23(19(25)26)10-16(14)27-18/h2-5,8H,6-7,10H2,1H3,(H,22,24)(H,25,26). The van der Waals surface area contributed by atoms with Gasteiger partial charge in [0.15, 0.2) is 0 Å². The van der Waals surface area contributed by atoms with E-state index in [4.69, 9.17) is 5.11 Å². The van der Waals surface area contributed by atoms with Crippen LogP contribution in [0.4, 0.5) is 14.2 Å². The molecule has 1 aliphatic rings. The Morgan fingerprint density at radius 2 is 2.22 bits per heavy atom. The van der Waals surface area contributed by atoms with E-state index in [1.165, 1.54) is 40.5 Å². The highest BCUT2D eigenvalue weighted by Gasteiger charge is 2.27. The largest absolute Gasteiger partial charge is 0.465 e. The van der Waals surface area contributed by atoms with Crippen molar-refractivity contribution in [1.29, 1.82) is 5.26 Å². The molecule has 3 rings (SSSR count). The predicted octanol–water partition coefficient (Wildman–Crippen LogP) is 3.76. The summed E-state index contributed by atoms with van der Waals surface area (Å²) in [5, 5.41) is 21.6. The van der Waals surface area contributed by atoms with Gasteiger partial charge in [-0.2, -0.15) is 5.26 Å². The van der Waals surface area contributed by atoms with Gasteiger partial charge in [0.1, 0.15) is 16.9 Å². The Labute approximate surface area is 159 Å². The second-order valence-electron chi connectivity index (χ2n) is 6.10. The van der Waals surface area contributed by atoms with E-state index in [0.717, 1.165) is 16.0 Å². The third-order valence-corrected chi connectivity index (χ3v) is 5.46. The number of halogens is 1. The van der Waals surface area contributed by atoms with Crippen molar-refractivity contribution in [2.45, 2.75) is 19.9 Å². The zero-order valence-corrected chi connectivity index (χ0v) is 15.3. The first-order chi connectivity index (χ1) is 12.9. The van der Waals surface area contributed by atoms with Gasteiger partial charge in [-0.1, -0.05) is 6.07 Å². The van der Waals surface area contributed by atoms with Crippen LogP contribution in [0.1, 0.15) is 27.1 Å². The molecule has 1 aliphatic heterocycles. The number of thiophene rings is 1. The second kappa shape index (κ2) is 7.60. The average molecular weight is 385 g/mol. The molecule has 0 fully saturated rings. The average Bonchev–Trinajstić information content (AvgIpc) is 2.98. The number of anilines is 1. The molecule has 2 N–H and O–H groups in total. The van der Waals surface area contributed by atoms with E-state index in [0.29, 0.717) is 29.1 Å². The number of nitrogens with zero attached hydrogens (tertiary/aromatic N) is 2. The minimum atomic E-state index is -1.01. The molecular formula is C19H16FN3O3S. The number of carbonyl (C=O) groups is 2. The summed E-state index contributed by atoms with van der Waals surface area (Å²) in [7, 11) is 0. The van der Waals surface area contributed by atoms with E-state index in [-0.39, 0.29) is 12.4 Å². The fourth-order valence-electron chi connectivity index (χ4n) is 2.88. The van der Waals surface area contributed by atoms with Crippen molar-refractivity contribution >= 4 is 34.4 Å². The number of hydrogen-bond acceptors (Lipinski definition) is 4. The fourth-order valence-corrected chi connectivity index (χ4v) is 4.10. The van der Waals surface area contributed by atoms with Gasteiger partial charge in [0.05, 0.1) is 12.1 Å². The third-order valence-electron chi connectivity index (χ3n) is 4.33. The molecule has 0 saturated heterocycles. The van der Waals surface area contributed by atoms with Crippen molar-refractivity contribution in [3.05, 3.63) is 57.2 Å². The Balaban J connectivity index is 1.79. The Bertz CT molecular complexity index is 991. The Hall–Kier alpha value is -3.18. The number of carbonyl (C=O) groups excluding carboxylic acids is 1. The number of rotatable bonds is 3. The van der Waals surface area contributed by atoms with Crippen molar-refractivity contribution in [3.8, 4) is 6.07 Å². The highest BCUT2D eigenvalue weighted by Crippen LogP contribution is 2.36. The topological polar surface area (TPSA) is 93.4 Å². The van der Waals surface area contributed by atoms with Crippen LogP contribution >= 0.6 is 11.3 Å². The normalized spacial score (nSPS) is 13.3. The molecule has 0 aliphatic carbocycles. The van der Waals surface area contributed by atoms with Gasteiger partial charge in [0, 0.05) is 17.5 Å². The molecule has 0 spiro atoms. The summed E-state index contributed by atoms with van der Waals surface area (Å²) in [6.45, 7) is 2.34. The van der Waals surface area contributed by atoms with Crippen LogP contribution < -0.4 is 5.32 Å². The fraction of sp³-hybridized carbons (Fsp3) is 0.211. The Morgan fingerprint density at radius 3 is 2.93 bits per heavy atom. The highest BCUT2D eigenvalue weighted by atomic mass is 32.1. The summed E-state index contributed by atoms with van der Waals surface area (Å²) in [6, 6.07) is 6.41. The zero-order chi connectivity index (χ0) is 19.6. The van der Waals surface area contributed by atoms with E-state index in [1.54, 1.807) is 6.07 Å². The molecule has 0 bridgehead atoms. The minimum absolute atomic E-state index is 0.207. The summed E-state index contributed by atoms with van der Waals surface area (Å²) in [6.07, 6.45) is 2.23. The van der Waals surface area contributed by atoms with E-state index >= 15 is 0 Å². The van der Waals surface area contributed by atoms with Gasteiger partial charge in [-0.25, -0.2) is 9.18 Å². The Kier molecular flexibility index (Phi) is 5.23. The molecule has 1 aromatic carbocycles. The number of fused-ring (bicyclic) bond motifs is 1. The molecule has 2 amide bonds. The minimum Gasteiger partial charge on any atom is -0.465 e. The van der Waals surface area contributed by atoms with Crippen molar-refractivity contribution in [3.63, 3.8) is 0 Å². The van der Waals surface area contributed by atoms with Crippen LogP contribution in [0, 0.1) is 24.1 Å². The maximum absolute atomic E-state index is 13.3. The van der Waals surface area contributed by atoms with Crippen LogP contribution in [0.5, 0.6) is 0 Å². The van der Waals surface area contributed by atoms with Crippen LogP contribution in [-0.4, -0.2) is 28.6 Å². The number of aryl methyl sites for hydroxylation is 1. The van der Waals surface area contributed by atoms with Crippen LogP contribution in [0.25, 0.3) is 6.08 Å². The summed E-state index contributed by atoms with van der Waals surface area (Å²) in [4.78, 5) is 25.4. The molecule has 2 heterocycles. The molecule has 0 saturated carbocycles. The molecule has 6 nitrogen and oxygen atoms in total. The molecule has 0 radical (unpaired) electrons. The lowest BCUT2D eigenvalue weighted by atomic mass is 10.0. The summed E-state index contributed by atoms with van der Waals surface area (Å²) in [5.41, 5.74) is 2.59. The van der Waals surface area contributed by atoms with E-state index in [1.807, 2.05) is 6.92 Å². The van der Waals surface area contributed by atoms with Crippen molar-refractivity contribution in [2.75, 3.05) is 11.9 Å². The lowest BCUT2D eigenvalue weighted by molar-refractivity contribution is -0.111. The third kappa shape index (κ3) is 3.99. The van der Waals surface area contributed by atoms with Crippen LogP contribution in [0.15, 0.2) is 24.3 Å². The molecular weight excluding hydrogens is 369 g/mol. The monoisotopic (exact) mass is 385 g/mol. The van der Waals surface area contributed by atoms with Crippen molar-refractivity contribution < 1.29 is 19.1 Å². The van der Waals surface area contributed by atoms with E-state index in [2.05, 4.69) is 11.4 Å². The number of nitriles is 1. The quantitative estimate of drug-likeness (QED) is 0.787. The molecule has 8 heteroatoms. The van der Waals surface area contributed by atoms with Gasteiger partial charge in [0.2, 0.25) is 5.91 Å². The second-order valence-corrected chi connectivity index (χ2v) is 7.20. The van der Waals surface area contributed by atoms with Gasteiger partial charge in [0.25, 0.3) is 0 Å². The highest BCUT2D eigenvalue weighted by molar-refractivity contribution is 7.16. The number of carboxylic acid groups (broad SMARTS) is 1. The van der Waals surface area contributed by atoms with Crippen molar-refractivity contribution in [1.82, 2.24) is 4.90 Å². The molecule has 0 atom stereocenters. The molecule has 138 valence electrons. The molecule has 0 unspecified atom stereocenters. The Morgan fingerprint density at radius 1 is 1.44 bits per heavy atom. The van der Waals surface area contributed by atoms with Gasteiger partial charge in [-0.05, 0) is 48.2 Å². The first-order valence-electron chi connectivity index (χ1n) is 8.16. The molecule has 27 heavy (non-hydrogen) atoms. The SMILES string of the molecule is Cc1ccc(F)cc1C=CC(=O)Nc1sc2c(c1C#N)CCN(C(=O)O)C2. The van der Waals surface area contributed by atoms with Crippen LogP contribution in [0.2, 0.25) is 0 Å². The van der Waals surface area contributed by atoms with Gasteiger partial charge in [-0.15, -0.1) is 11.3 Å². The summed E-state index contributed by atoms with van der Waals surface area (Å²) < 4.78 is 13.3. The first kappa shape index (κ1) is 18.6. The van der Waals surface area contributed by atoms with Gasteiger partial charge < -0.3 is 15.3 Å². The number of hydrogen-bond donors (Lipinski definition) is 2. The van der Waals surface area contributed by atoms with Crippen LogP contribution in [-0.2, 0) is 17.8 Å². The van der Waals surface area contributed by atoms with Gasteiger partial charge in [-0.3, -0.25) is 4.79 Å².